The van der Waals surface area contributed by atoms with Crippen LogP contribution in [0.4, 0.5) is 0 Å². The van der Waals surface area contributed by atoms with E-state index in [9.17, 15) is 4.79 Å². The van der Waals surface area contributed by atoms with Gasteiger partial charge in [-0.3, -0.25) is 9.69 Å². The highest BCUT2D eigenvalue weighted by Crippen LogP contribution is 2.22. The predicted octanol–water partition coefficient (Wildman–Crippen LogP) is 3.74. The lowest BCUT2D eigenvalue weighted by atomic mass is 10.1. The lowest BCUT2D eigenvalue weighted by molar-refractivity contribution is -0.125. The van der Waals surface area contributed by atoms with Crippen LogP contribution in [0.15, 0.2) is 60.2 Å². The van der Waals surface area contributed by atoms with Crippen LogP contribution in [0.2, 0.25) is 5.02 Å². The molecule has 2 aromatic carbocycles. The number of carbonyl (C=O) groups excluding carboxylic acids is 1. The number of ether oxygens (including phenoxy) is 1. The van der Waals surface area contributed by atoms with Crippen LogP contribution in [-0.4, -0.2) is 56.2 Å². The van der Waals surface area contributed by atoms with E-state index in [4.69, 9.17) is 16.3 Å². The number of nitrogens with one attached hydrogen (secondary N) is 2. The average molecular weight is 442 g/mol. The van der Waals surface area contributed by atoms with Gasteiger partial charge in [0.1, 0.15) is 0 Å². The number of nitrogens with zero attached hydrogens (tertiary/aromatic N) is 1. The van der Waals surface area contributed by atoms with Crippen molar-refractivity contribution in [1.29, 1.82) is 0 Å². The molecule has 0 bridgehead atoms. The van der Waals surface area contributed by atoms with Crippen molar-refractivity contribution >= 4 is 23.6 Å². The predicted molar refractivity (Wildman–Crippen MR) is 127 cm³/mol. The van der Waals surface area contributed by atoms with E-state index < -0.39 is 0 Å². The maximum atomic E-state index is 12.8. The summed E-state index contributed by atoms with van der Waals surface area (Å²) in [5.41, 5.74) is 3.62. The van der Waals surface area contributed by atoms with Crippen molar-refractivity contribution < 1.29 is 9.53 Å². The molecule has 5 nitrogen and oxygen atoms in total. The molecular formula is C25H32ClN3O2. The Bertz CT molecular complexity index is 855. The summed E-state index contributed by atoms with van der Waals surface area (Å²) in [5.74, 6) is 0.0619. The highest BCUT2D eigenvalue weighted by Gasteiger charge is 2.36. The van der Waals surface area contributed by atoms with E-state index in [0.717, 1.165) is 36.6 Å². The highest BCUT2D eigenvalue weighted by molar-refractivity contribution is 6.30. The number of rotatable bonds is 10. The summed E-state index contributed by atoms with van der Waals surface area (Å²) >= 11 is 6.03. The minimum Gasteiger partial charge on any atom is -0.383 e. The SMILES string of the molecule is COCCNC(=O)[C@@H]1C[C@H](NCC(C)=Cc2ccccc2)CN1Cc1ccc(Cl)cc1. The number of halogens is 1. The molecule has 0 unspecified atom stereocenters. The summed E-state index contributed by atoms with van der Waals surface area (Å²) in [5, 5.41) is 7.37. The second kappa shape index (κ2) is 12.0. The number of likely N-dealkylation sites (tertiary alicyclic amines) is 1. The molecule has 2 aromatic rings. The van der Waals surface area contributed by atoms with E-state index in [2.05, 4.69) is 40.7 Å². The van der Waals surface area contributed by atoms with Crippen LogP contribution in [0.25, 0.3) is 6.08 Å². The third kappa shape index (κ3) is 7.47. The summed E-state index contributed by atoms with van der Waals surface area (Å²) in [4.78, 5) is 15.1. The van der Waals surface area contributed by atoms with Crippen molar-refractivity contribution in [2.45, 2.75) is 32.0 Å². The molecule has 0 spiro atoms. The van der Waals surface area contributed by atoms with Crippen molar-refractivity contribution in [2.24, 2.45) is 0 Å². The van der Waals surface area contributed by atoms with Gasteiger partial charge in [0.15, 0.2) is 0 Å². The number of amides is 1. The molecule has 0 radical (unpaired) electrons. The van der Waals surface area contributed by atoms with E-state index >= 15 is 0 Å². The van der Waals surface area contributed by atoms with Gasteiger partial charge in [-0.2, -0.15) is 0 Å². The molecular weight excluding hydrogens is 410 g/mol. The van der Waals surface area contributed by atoms with Crippen LogP contribution in [0, 0.1) is 0 Å². The molecule has 166 valence electrons. The monoisotopic (exact) mass is 441 g/mol. The molecule has 31 heavy (non-hydrogen) atoms. The number of hydrogen-bond donors (Lipinski definition) is 2. The molecule has 0 saturated carbocycles. The minimum absolute atomic E-state index is 0.0619. The lowest BCUT2D eigenvalue weighted by Gasteiger charge is -2.23. The number of methoxy groups -OCH3 is 1. The van der Waals surface area contributed by atoms with Gasteiger partial charge >= 0.3 is 0 Å². The minimum atomic E-state index is -0.163. The van der Waals surface area contributed by atoms with Crippen molar-refractivity contribution in [2.75, 3.05) is 33.4 Å². The number of benzene rings is 2. The molecule has 3 rings (SSSR count). The van der Waals surface area contributed by atoms with E-state index in [-0.39, 0.29) is 18.0 Å². The summed E-state index contributed by atoms with van der Waals surface area (Å²) in [6.07, 6.45) is 2.98. The zero-order valence-corrected chi connectivity index (χ0v) is 19.1. The highest BCUT2D eigenvalue weighted by atomic mass is 35.5. The second-order valence-corrected chi connectivity index (χ2v) is 8.51. The van der Waals surface area contributed by atoms with E-state index in [1.807, 2.05) is 42.5 Å². The lowest BCUT2D eigenvalue weighted by Crippen LogP contribution is -2.43. The van der Waals surface area contributed by atoms with Gasteiger partial charge in [0.05, 0.1) is 12.6 Å². The molecule has 1 amide bonds. The van der Waals surface area contributed by atoms with Crippen LogP contribution in [0.1, 0.15) is 24.5 Å². The van der Waals surface area contributed by atoms with Gasteiger partial charge in [-0.15, -0.1) is 0 Å². The van der Waals surface area contributed by atoms with Crippen molar-refractivity contribution in [3.63, 3.8) is 0 Å². The molecule has 1 fully saturated rings. The van der Waals surface area contributed by atoms with Crippen molar-refractivity contribution in [3.8, 4) is 0 Å². The van der Waals surface area contributed by atoms with Crippen molar-refractivity contribution in [3.05, 3.63) is 76.3 Å². The summed E-state index contributed by atoms with van der Waals surface area (Å²) < 4.78 is 5.06. The molecule has 0 aliphatic carbocycles. The fourth-order valence-electron chi connectivity index (χ4n) is 3.91. The first kappa shape index (κ1) is 23.5. The summed E-state index contributed by atoms with van der Waals surface area (Å²) in [6.45, 7) is 5.51. The molecule has 1 saturated heterocycles. The molecule has 1 aliphatic heterocycles. The molecule has 2 N–H and O–H groups in total. The smallest absolute Gasteiger partial charge is 0.237 e. The van der Waals surface area contributed by atoms with Gasteiger partial charge in [-0.05, 0) is 36.6 Å². The number of carbonyl (C=O) groups is 1. The maximum Gasteiger partial charge on any atom is 0.237 e. The molecule has 1 aliphatic rings. The van der Waals surface area contributed by atoms with E-state index in [1.165, 1.54) is 11.1 Å². The maximum absolute atomic E-state index is 12.8. The standard InChI is InChI=1S/C25H32ClN3O2/c1-19(14-20-6-4-3-5-7-20)16-28-23-15-24(25(30)27-12-13-31-2)29(18-23)17-21-8-10-22(26)11-9-21/h3-11,14,23-24,28H,12-13,15-18H2,1-2H3,(H,27,30)/t23-,24-/m0/s1. The fraction of sp³-hybridized carbons (Fsp3) is 0.400. The Morgan fingerprint density at radius 1 is 1.19 bits per heavy atom. The first-order chi connectivity index (χ1) is 15.0. The van der Waals surface area contributed by atoms with Crippen molar-refractivity contribution in [1.82, 2.24) is 15.5 Å². The molecule has 1 heterocycles. The molecule has 0 aromatic heterocycles. The van der Waals surface area contributed by atoms with Crippen LogP contribution >= 0.6 is 11.6 Å². The van der Waals surface area contributed by atoms with Gasteiger partial charge in [0.25, 0.3) is 0 Å². The zero-order valence-electron chi connectivity index (χ0n) is 18.3. The Kier molecular flexibility index (Phi) is 9.10. The Hall–Kier alpha value is -2.18. The third-order valence-corrected chi connectivity index (χ3v) is 5.74. The van der Waals surface area contributed by atoms with Gasteiger partial charge in [0.2, 0.25) is 5.91 Å². The van der Waals surface area contributed by atoms with Crippen LogP contribution in [0.5, 0.6) is 0 Å². The van der Waals surface area contributed by atoms with Gasteiger partial charge in [-0.1, -0.05) is 65.7 Å². The first-order valence-corrected chi connectivity index (χ1v) is 11.1. The topological polar surface area (TPSA) is 53.6 Å². The Morgan fingerprint density at radius 3 is 2.65 bits per heavy atom. The van der Waals surface area contributed by atoms with E-state index in [0.29, 0.717) is 13.2 Å². The van der Waals surface area contributed by atoms with Crippen LogP contribution < -0.4 is 10.6 Å². The van der Waals surface area contributed by atoms with Gasteiger partial charge in [-0.25, -0.2) is 0 Å². The zero-order chi connectivity index (χ0) is 22.1. The molecule has 2 atom stereocenters. The van der Waals surface area contributed by atoms with Gasteiger partial charge < -0.3 is 15.4 Å². The Balaban J connectivity index is 1.61. The van der Waals surface area contributed by atoms with Gasteiger partial charge in [0, 0.05) is 44.4 Å². The molecule has 6 heteroatoms. The fourth-order valence-corrected chi connectivity index (χ4v) is 4.03. The number of hydrogen-bond acceptors (Lipinski definition) is 4. The Labute approximate surface area is 190 Å². The normalized spacial score (nSPS) is 19.5. The van der Waals surface area contributed by atoms with Crippen LogP contribution in [0.3, 0.4) is 0 Å². The first-order valence-electron chi connectivity index (χ1n) is 10.8. The Morgan fingerprint density at radius 2 is 1.94 bits per heavy atom. The average Bonchev–Trinajstić information content (AvgIpc) is 3.17. The quantitative estimate of drug-likeness (QED) is 0.551. The van der Waals surface area contributed by atoms with Crippen LogP contribution in [-0.2, 0) is 16.1 Å². The van der Waals surface area contributed by atoms with E-state index in [1.54, 1.807) is 7.11 Å². The summed E-state index contributed by atoms with van der Waals surface area (Å²) in [7, 11) is 1.64. The third-order valence-electron chi connectivity index (χ3n) is 5.49. The largest absolute Gasteiger partial charge is 0.383 e. The second-order valence-electron chi connectivity index (χ2n) is 8.07. The summed E-state index contributed by atoms with van der Waals surface area (Å²) in [6, 6.07) is 18.3.